The molecule has 1 saturated heterocycles. The van der Waals surface area contributed by atoms with Gasteiger partial charge in [-0.1, -0.05) is 38.6 Å². The molecule has 48 heavy (non-hydrogen) atoms. The van der Waals surface area contributed by atoms with E-state index in [1.54, 1.807) is 61.6 Å². The van der Waals surface area contributed by atoms with E-state index in [1.807, 2.05) is 6.08 Å². The standard InChI is InChI=1S/C36H43N7O5/c1-7-31(45)38-24(3)22-48-32-10-8-9-30(40-32)39-28-18-25(20-41(6)34(28)46)26-11-13-37-33(27(26)21-44)43-16-15-42-14-12-36(4,5)19-23(2)17-29(42)35(43)47/h7-11,13,17-18,20,24,44H,1-2,12,14-16,19,21-22H2,3-6H3,(H,38,45)(H,39,40)/b29-17-/t24-/m0/s1. The van der Waals surface area contributed by atoms with Gasteiger partial charge in [0, 0.05) is 56.3 Å². The number of allylic oxidation sites excluding steroid dienone is 2. The highest BCUT2D eigenvalue weighted by Gasteiger charge is 2.35. The Morgan fingerprint density at radius 1 is 1.21 bits per heavy atom. The first-order chi connectivity index (χ1) is 22.9. The van der Waals surface area contributed by atoms with Crippen LogP contribution in [0.25, 0.3) is 11.1 Å². The highest BCUT2D eigenvalue weighted by atomic mass is 16.5. The Morgan fingerprint density at radius 3 is 2.75 bits per heavy atom. The van der Waals surface area contributed by atoms with Crippen LogP contribution in [-0.4, -0.2) is 68.6 Å². The molecule has 3 aromatic rings. The summed E-state index contributed by atoms with van der Waals surface area (Å²) in [5, 5.41) is 16.5. The molecule has 12 heteroatoms. The molecule has 0 spiro atoms. The van der Waals surface area contributed by atoms with Gasteiger partial charge in [0.15, 0.2) is 0 Å². The first-order valence-corrected chi connectivity index (χ1v) is 15.9. The van der Waals surface area contributed by atoms with Gasteiger partial charge in [0.05, 0.1) is 12.6 Å². The molecule has 0 unspecified atom stereocenters. The van der Waals surface area contributed by atoms with Crippen LogP contribution in [0.1, 0.15) is 39.2 Å². The van der Waals surface area contributed by atoms with Crippen LogP contribution >= 0.6 is 0 Å². The van der Waals surface area contributed by atoms with Crippen molar-refractivity contribution in [2.75, 3.05) is 36.5 Å². The third kappa shape index (κ3) is 7.66. The molecule has 0 bridgehead atoms. The van der Waals surface area contributed by atoms with Gasteiger partial charge in [-0.05, 0) is 61.1 Å². The van der Waals surface area contributed by atoms with Crippen molar-refractivity contribution in [3.8, 4) is 17.0 Å². The van der Waals surface area contributed by atoms with Crippen molar-refractivity contribution in [2.24, 2.45) is 12.5 Å². The molecular formula is C36H43N7O5. The first-order valence-electron chi connectivity index (χ1n) is 15.9. The quantitative estimate of drug-likeness (QED) is 0.276. The lowest BCUT2D eigenvalue weighted by atomic mass is 9.81. The fourth-order valence-electron chi connectivity index (χ4n) is 6.03. The summed E-state index contributed by atoms with van der Waals surface area (Å²) in [6, 6.07) is 8.30. The van der Waals surface area contributed by atoms with E-state index in [-0.39, 0.29) is 47.7 Å². The number of nitrogens with one attached hydrogen (secondary N) is 2. The lowest BCUT2D eigenvalue weighted by Crippen LogP contribution is -2.50. The maximum atomic E-state index is 13.9. The number of rotatable bonds is 10. The highest BCUT2D eigenvalue weighted by Crippen LogP contribution is 2.36. The van der Waals surface area contributed by atoms with Crippen LogP contribution in [0.3, 0.4) is 0 Å². The fourth-order valence-corrected chi connectivity index (χ4v) is 6.03. The number of fused-ring (bicyclic) bond motifs is 1. The topological polar surface area (TPSA) is 142 Å². The van der Waals surface area contributed by atoms with E-state index in [4.69, 9.17) is 4.74 Å². The number of nitrogens with zero attached hydrogens (tertiary/aromatic N) is 5. The smallest absolute Gasteiger partial charge is 0.275 e. The Kier molecular flexibility index (Phi) is 10.1. The van der Waals surface area contributed by atoms with Gasteiger partial charge in [-0.25, -0.2) is 4.98 Å². The van der Waals surface area contributed by atoms with Crippen molar-refractivity contribution in [3.63, 3.8) is 0 Å². The number of carbonyl (C=O) groups excluding carboxylic acids is 2. The number of piperazine rings is 1. The number of aliphatic hydroxyl groups excluding tert-OH is 1. The van der Waals surface area contributed by atoms with Crippen LogP contribution in [0.15, 0.2) is 84.1 Å². The number of hydrogen-bond donors (Lipinski definition) is 3. The SMILES string of the molecule is C=CC(=O)N[C@@H](C)COc1cccc(Nc2cc(-c3ccnc(N4CCN5CCC(C)(C)CC(=C)/C=C\5C4=O)c3CO)cn(C)c2=O)n1. The third-order valence-corrected chi connectivity index (χ3v) is 8.49. The van der Waals surface area contributed by atoms with Crippen LogP contribution in [0.2, 0.25) is 0 Å². The zero-order valence-electron chi connectivity index (χ0n) is 28.0. The second-order valence-electron chi connectivity index (χ2n) is 13.0. The molecule has 0 radical (unpaired) electrons. The molecule has 3 N–H and O–H groups in total. The summed E-state index contributed by atoms with van der Waals surface area (Å²) in [7, 11) is 1.64. The van der Waals surface area contributed by atoms with Crippen molar-refractivity contribution in [2.45, 2.75) is 46.3 Å². The maximum Gasteiger partial charge on any atom is 0.275 e. The maximum absolute atomic E-state index is 13.9. The molecule has 1 fully saturated rings. The summed E-state index contributed by atoms with van der Waals surface area (Å²) >= 11 is 0. The predicted octanol–water partition coefficient (Wildman–Crippen LogP) is 4.06. The summed E-state index contributed by atoms with van der Waals surface area (Å²) in [6.07, 6.45) is 8.11. The number of hydrogen-bond acceptors (Lipinski definition) is 9. The molecule has 5 rings (SSSR count). The number of carbonyl (C=O) groups is 2. The summed E-state index contributed by atoms with van der Waals surface area (Å²) in [5.74, 6) is 0.582. The van der Waals surface area contributed by atoms with Crippen LogP contribution < -0.4 is 25.8 Å². The molecule has 2 aliphatic heterocycles. The van der Waals surface area contributed by atoms with E-state index in [9.17, 15) is 19.5 Å². The van der Waals surface area contributed by atoms with Gasteiger partial charge in [0.1, 0.15) is 29.6 Å². The minimum absolute atomic E-state index is 0.0969. The molecule has 2 aliphatic rings. The van der Waals surface area contributed by atoms with E-state index < -0.39 is 0 Å². The van der Waals surface area contributed by atoms with Crippen LogP contribution in [-0.2, 0) is 23.2 Å². The zero-order chi connectivity index (χ0) is 34.6. The molecule has 0 saturated carbocycles. The molecule has 252 valence electrons. The lowest BCUT2D eigenvalue weighted by molar-refractivity contribution is -0.118. The monoisotopic (exact) mass is 653 g/mol. The molecule has 0 aliphatic carbocycles. The minimum atomic E-state index is -0.371. The first kappa shape index (κ1) is 34.1. The van der Waals surface area contributed by atoms with Gasteiger partial charge in [-0.3, -0.25) is 19.3 Å². The summed E-state index contributed by atoms with van der Waals surface area (Å²) < 4.78 is 7.19. The summed E-state index contributed by atoms with van der Waals surface area (Å²) in [6.45, 7) is 15.5. The average Bonchev–Trinajstić information content (AvgIpc) is 3.05. The molecule has 12 nitrogen and oxygen atoms in total. The van der Waals surface area contributed by atoms with E-state index in [0.29, 0.717) is 53.0 Å². The lowest BCUT2D eigenvalue weighted by Gasteiger charge is -2.41. The number of aryl methyl sites for hydroxylation is 1. The second-order valence-corrected chi connectivity index (χ2v) is 13.0. The Labute approximate surface area is 280 Å². The largest absolute Gasteiger partial charge is 0.475 e. The molecule has 5 heterocycles. The van der Waals surface area contributed by atoms with Gasteiger partial charge in [0.2, 0.25) is 11.8 Å². The third-order valence-electron chi connectivity index (χ3n) is 8.49. The van der Waals surface area contributed by atoms with Gasteiger partial charge in [-0.2, -0.15) is 4.98 Å². The van der Waals surface area contributed by atoms with Crippen LogP contribution in [0.4, 0.5) is 17.3 Å². The molecule has 1 atom stereocenters. The van der Waals surface area contributed by atoms with Crippen LogP contribution in [0, 0.1) is 5.41 Å². The average molecular weight is 654 g/mol. The van der Waals surface area contributed by atoms with Crippen molar-refractivity contribution < 1.29 is 19.4 Å². The van der Waals surface area contributed by atoms with Crippen molar-refractivity contribution in [1.29, 1.82) is 0 Å². The van der Waals surface area contributed by atoms with E-state index in [2.05, 4.69) is 52.5 Å². The Bertz CT molecular complexity index is 1830. The Balaban J connectivity index is 1.42. The number of pyridine rings is 3. The van der Waals surface area contributed by atoms with Gasteiger partial charge >= 0.3 is 0 Å². The Morgan fingerprint density at radius 2 is 2.00 bits per heavy atom. The molecule has 2 amide bonds. The number of anilines is 3. The van der Waals surface area contributed by atoms with Gasteiger partial charge < -0.3 is 29.9 Å². The van der Waals surface area contributed by atoms with Crippen molar-refractivity contribution >= 4 is 29.1 Å². The van der Waals surface area contributed by atoms with Crippen molar-refractivity contribution in [1.82, 2.24) is 24.8 Å². The molecular weight excluding hydrogens is 610 g/mol. The van der Waals surface area contributed by atoms with Crippen molar-refractivity contribution in [3.05, 3.63) is 95.2 Å². The van der Waals surface area contributed by atoms with E-state index >= 15 is 0 Å². The number of amides is 2. The Hall–Kier alpha value is -5.23. The number of aliphatic hydroxyl groups is 1. The van der Waals surface area contributed by atoms with E-state index in [0.717, 1.165) is 25.0 Å². The molecule has 3 aromatic heterocycles. The predicted molar refractivity (Wildman–Crippen MR) is 186 cm³/mol. The number of ether oxygens (including phenoxy) is 1. The van der Waals surface area contributed by atoms with Gasteiger partial charge in [0.25, 0.3) is 11.5 Å². The fraction of sp³-hybridized carbons (Fsp3) is 0.361. The number of aromatic nitrogens is 3. The summed E-state index contributed by atoms with van der Waals surface area (Å²) in [4.78, 5) is 51.5. The second kappa shape index (κ2) is 14.3. The normalized spacial score (nSPS) is 17.7. The minimum Gasteiger partial charge on any atom is -0.475 e. The van der Waals surface area contributed by atoms with E-state index in [1.165, 1.54) is 10.6 Å². The zero-order valence-corrected chi connectivity index (χ0v) is 28.0. The van der Waals surface area contributed by atoms with Crippen LogP contribution in [0.5, 0.6) is 5.88 Å². The highest BCUT2D eigenvalue weighted by molar-refractivity contribution is 6.06. The molecule has 0 aromatic carbocycles. The van der Waals surface area contributed by atoms with Gasteiger partial charge in [-0.15, -0.1) is 0 Å². The summed E-state index contributed by atoms with van der Waals surface area (Å²) in [5.41, 5.74) is 3.29.